The summed E-state index contributed by atoms with van der Waals surface area (Å²) in [7, 11) is 0. The average Bonchev–Trinajstić information content (AvgIpc) is 2.43. The standard InChI is InChI=1S/C18H30N2/c1-5-17(19)18(16-9-7-6-8-14(16)3)20-11-10-13(2)12-15(20)4/h6-9,13,15,17-18H,5,10-12,19H2,1-4H3. The highest BCUT2D eigenvalue weighted by Crippen LogP contribution is 2.34. The van der Waals surface area contributed by atoms with Crippen molar-refractivity contribution >= 4 is 0 Å². The molecule has 2 rings (SSSR count). The molecule has 2 heteroatoms. The second-order valence-corrected chi connectivity index (χ2v) is 6.59. The third-order valence-corrected chi connectivity index (χ3v) is 4.93. The Labute approximate surface area is 124 Å². The zero-order valence-corrected chi connectivity index (χ0v) is 13.5. The van der Waals surface area contributed by atoms with E-state index in [1.807, 2.05) is 0 Å². The number of piperidine rings is 1. The SMILES string of the molecule is CCC(N)C(c1ccccc1C)N1CCC(C)CC1C. The molecule has 4 unspecified atom stereocenters. The summed E-state index contributed by atoms with van der Waals surface area (Å²) in [6.07, 6.45) is 3.61. The van der Waals surface area contributed by atoms with Gasteiger partial charge >= 0.3 is 0 Å². The summed E-state index contributed by atoms with van der Waals surface area (Å²) in [4.78, 5) is 2.65. The molecule has 1 fully saturated rings. The van der Waals surface area contributed by atoms with E-state index < -0.39 is 0 Å². The summed E-state index contributed by atoms with van der Waals surface area (Å²) in [6.45, 7) is 10.3. The van der Waals surface area contributed by atoms with Crippen LogP contribution in [-0.4, -0.2) is 23.5 Å². The molecule has 1 aliphatic heterocycles. The second-order valence-electron chi connectivity index (χ2n) is 6.59. The van der Waals surface area contributed by atoms with Gasteiger partial charge in [0, 0.05) is 12.1 Å². The predicted molar refractivity (Wildman–Crippen MR) is 86.8 cm³/mol. The Balaban J connectivity index is 2.31. The number of likely N-dealkylation sites (tertiary alicyclic amines) is 1. The minimum Gasteiger partial charge on any atom is -0.326 e. The van der Waals surface area contributed by atoms with Crippen LogP contribution in [0.4, 0.5) is 0 Å². The highest BCUT2D eigenvalue weighted by atomic mass is 15.2. The Morgan fingerprint density at radius 2 is 2.00 bits per heavy atom. The summed E-state index contributed by atoms with van der Waals surface area (Å²) in [6, 6.07) is 9.95. The molecule has 4 atom stereocenters. The summed E-state index contributed by atoms with van der Waals surface area (Å²) in [5.74, 6) is 0.844. The molecule has 0 radical (unpaired) electrons. The van der Waals surface area contributed by atoms with E-state index in [0.29, 0.717) is 12.1 Å². The summed E-state index contributed by atoms with van der Waals surface area (Å²) >= 11 is 0. The van der Waals surface area contributed by atoms with E-state index in [9.17, 15) is 0 Å². The first-order valence-corrected chi connectivity index (χ1v) is 8.11. The molecule has 1 aromatic rings. The van der Waals surface area contributed by atoms with Gasteiger partial charge in [-0.15, -0.1) is 0 Å². The van der Waals surface area contributed by atoms with E-state index >= 15 is 0 Å². The Kier molecular flexibility index (Phi) is 5.22. The van der Waals surface area contributed by atoms with Gasteiger partial charge in [-0.3, -0.25) is 4.90 Å². The first kappa shape index (κ1) is 15.5. The molecule has 0 saturated carbocycles. The zero-order valence-electron chi connectivity index (χ0n) is 13.5. The Bertz CT molecular complexity index is 429. The van der Waals surface area contributed by atoms with Gasteiger partial charge in [-0.25, -0.2) is 0 Å². The van der Waals surface area contributed by atoms with Crippen LogP contribution in [0.2, 0.25) is 0 Å². The fourth-order valence-corrected chi connectivity index (χ4v) is 3.64. The summed E-state index contributed by atoms with van der Waals surface area (Å²) in [5.41, 5.74) is 9.29. The third kappa shape index (κ3) is 3.24. The van der Waals surface area contributed by atoms with Crippen molar-refractivity contribution in [2.75, 3.05) is 6.54 Å². The zero-order chi connectivity index (χ0) is 14.7. The van der Waals surface area contributed by atoms with Crippen molar-refractivity contribution in [3.63, 3.8) is 0 Å². The maximum absolute atomic E-state index is 6.50. The van der Waals surface area contributed by atoms with E-state index in [4.69, 9.17) is 5.73 Å². The van der Waals surface area contributed by atoms with Gasteiger partial charge in [-0.2, -0.15) is 0 Å². The molecule has 1 saturated heterocycles. The molecule has 2 N–H and O–H groups in total. The normalized spacial score (nSPS) is 27.2. The maximum atomic E-state index is 6.50. The van der Waals surface area contributed by atoms with Crippen LogP contribution in [0.1, 0.15) is 57.2 Å². The molecule has 1 aliphatic rings. The van der Waals surface area contributed by atoms with Crippen LogP contribution < -0.4 is 5.73 Å². The highest BCUT2D eigenvalue weighted by Gasteiger charge is 2.33. The van der Waals surface area contributed by atoms with E-state index in [1.54, 1.807) is 0 Å². The molecule has 0 aromatic heterocycles. The monoisotopic (exact) mass is 274 g/mol. The lowest BCUT2D eigenvalue weighted by atomic mass is 9.86. The average molecular weight is 274 g/mol. The molecule has 2 nitrogen and oxygen atoms in total. The van der Waals surface area contributed by atoms with Gasteiger partial charge < -0.3 is 5.73 Å². The highest BCUT2D eigenvalue weighted by molar-refractivity contribution is 5.30. The fraction of sp³-hybridized carbons (Fsp3) is 0.667. The van der Waals surface area contributed by atoms with Crippen molar-refractivity contribution in [1.29, 1.82) is 0 Å². The lowest BCUT2D eigenvalue weighted by Crippen LogP contribution is -2.48. The summed E-state index contributed by atoms with van der Waals surface area (Å²) < 4.78 is 0. The van der Waals surface area contributed by atoms with Gasteiger partial charge in [0.25, 0.3) is 0 Å². The Morgan fingerprint density at radius 3 is 2.60 bits per heavy atom. The van der Waals surface area contributed by atoms with Crippen LogP contribution in [0, 0.1) is 12.8 Å². The van der Waals surface area contributed by atoms with Crippen molar-refractivity contribution in [3.8, 4) is 0 Å². The van der Waals surface area contributed by atoms with Gasteiger partial charge in [-0.05, 0) is 56.7 Å². The van der Waals surface area contributed by atoms with Gasteiger partial charge in [0.2, 0.25) is 0 Å². The number of nitrogens with zero attached hydrogens (tertiary/aromatic N) is 1. The van der Waals surface area contributed by atoms with Crippen LogP contribution >= 0.6 is 0 Å². The molecular weight excluding hydrogens is 244 g/mol. The van der Waals surface area contributed by atoms with Crippen molar-refractivity contribution < 1.29 is 0 Å². The second kappa shape index (κ2) is 6.73. The lowest BCUT2D eigenvalue weighted by molar-refractivity contribution is 0.0669. The van der Waals surface area contributed by atoms with Crippen LogP contribution in [0.5, 0.6) is 0 Å². The molecule has 112 valence electrons. The fourth-order valence-electron chi connectivity index (χ4n) is 3.64. The molecule has 1 heterocycles. The van der Waals surface area contributed by atoms with Crippen LogP contribution in [0.15, 0.2) is 24.3 Å². The van der Waals surface area contributed by atoms with E-state index in [2.05, 4.69) is 56.9 Å². The minimum absolute atomic E-state index is 0.215. The Hall–Kier alpha value is -0.860. The van der Waals surface area contributed by atoms with Crippen molar-refractivity contribution in [2.45, 2.75) is 65.1 Å². The molecule has 0 aliphatic carbocycles. The minimum atomic E-state index is 0.215. The van der Waals surface area contributed by atoms with Crippen LogP contribution in [0.3, 0.4) is 0 Å². The van der Waals surface area contributed by atoms with Crippen molar-refractivity contribution in [1.82, 2.24) is 4.90 Å². The van der Waals surface area contributed by atoms with Gasteiger partial charge in [0.15, 0.2) is 0 Å². The first-order valence-electron chi connectivity index (χ1n) is 8.11. The van der Waals surface area contributed by atoms with E-state index in [-0.39, 0.29) is 6.04 Å². The number of hydrogen-bond acceptors (Lipinski definition) is 2. The van der Waals surface area contributed by atoms with Crippen molar-refractivity contribution in [3.05, 3.63) is 35.4 Å². The molecule has 0 spiro atoms. The van der Waals surface area contributed by atoms with E-state index in [0.717, 1.165) is 12.3 Å². The summed E-state index contributed by atoms with van der Waals surface area (Å²) in [5, 5.41) is 0. The van der Waals surface area contributed by atoms with Crippen molar-refractivity contribution in [2.24, 2.45) is 11.7 Å². The number of nitrogens with two attached hydrogens (primary N) is 1. The number of rotatable bonds is 4. The van der Waals surface area contributed by atoms with Crippen LogP contribution in [0.25, 0.3) is 0 Å². The van der Waals surface area contributed by atoms with Crippen LogP contribution in [-0.2, 0) is 0 Å². The third-order valence-electron chi connectivity index (χ3n) is 4.93. The van der Waals surface area contributed by atoms with Gasteiger partial charge in [-0.1, -0.05) is 38.1 Å². The number of hydrogen-bond donors (Lipinski definition) is 1. The van der Waals surface area contributed by atoms with Gasteiger partial charge in [0.1, 0.15) is 0 Å². The molecule has 0 bridgehead atoms. The molecular formula is C18H30N2. The molecule has 20 heavy (non-hydrogen) atoms. The first-order chi connectivity index (χ1) is 9.54. The quantitative estimate of drug-likeness (QED) is 0.902. The number of aryl methyl sites for hydroxylation is 1. The predicted octanol–water partition coefficient (Wildman–Crippen LogP) is 3.89. The Morgan fingerprint density at radius 1 is 1.30 bits per heavy atom. The smallest absolute Gasteiger partial charge is 0.0504 e. The largest absolute Gasteiger partial charge is 0.326 e. The topological polar surface area (TPSA) is 29.3 Å². The lowest BCUT2D eigenvalue weighted by Gasteiger charge is -2.44. The number of benzene rings is 1. The molecule has 0 amide bonds. The van der Waals surface area contributed by atoms with E-state index in [1.165, 1.54) is 30.5 Å². The van der Waals surface area contributed by atoms with Gasteiger partial charge in [0.05, 0.1) is 6.04 Å². The molecule has 1 aromatic carbocycles. The maximum Gasteiger partial charge on any atom is 0.0504 e.